The molecule has 0 bridgehead atoms. The molecule has 2 aromatic rings. The first-order valence-electron chi connectivity index (χ1n) is 4.74. The fraction of sp³-hybridized carbons (Fsp3) is 0.250. The molecular formula is C12H12O2. The Labute approximate surface area is 82.5 Å². The molecule has 72 valence electrons. The second kappa shape index (κ2) is 3.29. The zero-order chi connectivity index (χ0) is 10.1. The van der Waals surface area contributed by atoms with Crippen molar-refractivity contribution in [3.8, 4) is 0 Å². The molecule has 0 unspecified atom stereocenters. The number of ketones is 1. The van der Waals surface area contributed by atoms with Crippen molar-refractivity contribution in [2.45, 2.75) is 20.3 Å². The van der Waals surface area contributed by atoms with Crippen molar-refractivity contribution in [2.24, 2.45) is 0 Å². The summed E-state index contributed by atoms with van der Waals surface area (Å²) in [4.78, 5) is 11.1. The van der Waals surface area contributed by atoms with Gasteiger partial charge in [-0.25, -0.2) is 0 Å². The zero-order valence-electron chi connectivity index (χ0n) is 8.33. The molecule has 0 radical (unpaired) electrons. The molecule has 0 fully saturated rings. The van der Waals surface area contributed by atoms with E-state index in [0.717, 1.165) is 28.7 Å². The van der Waals surface area contributed by atoms with Gasteiger partial charge in [-0.1, -0.05) is 6.92 Å². The maximum atomic E-state index is 11.1. The van der Waals surface area contributed by atoms with E-state index in [0.29, 0.717) is 0 Å². The van der Waals surface area contributed by atoms with Gasteiger partial charge >= 0.3 is 0 Å². The molecule has 1 aromatic carbocycles. The van der Waals surface area contributed by atoms with Crippen LogP contribution in [0.15, 0.2) is 28.7 Å². The van der Waals surface area contributed by atoms with E-state index in [4.69, 9.17) is 4.42 Å². The minimum atomic E-state index is 0.0890. The highest BCUT2D eigenvalue weighted by molar-refractivity contribution is 5.97. The summed E-state index contributed by atoms with van der Waals surface area (Å²) >= 11 is 0. The maximum Gasteiger partial charge on any atom is 0.159 e. The van der Waals surface area contributed by atoms with Gasteiger partial charge in [0.05, 0.1) is 0 Å². The molecule has 0 aliphatic heterocycles. The highest BCUT2D eigenvalue weighted by atomic mass is 16.3. The Bertz CT molecular complexity index is 480. The minimum absolute atomic E-state index is 0.0890. The van der Waals surface area contributed by atoms with Gasteiger partial charge in [0.15, 0.2) is 5.78 Å². The van der Waals surface area contributed by atoms with Crippen molar-refractivity contribution in [1.29, 1.82) is 0 Å². The summed E-state index contributed by atoms with van der Waals surface area (Å²) in [6.45, 7) is 3.62. The summed E-state index contributed by atoms with van der Waals surface area (Å²) < 4.78 is 5.54. The molecule has 1 heterocycles. The van der Waals surface area contributed by atoms with Gasteiger partial charge < -0.3 is 4.42 Å². The van der Waals surface area contributed by atoms with Crippen LogP contribution in [0.3, 0.4) is 0 Å². The molecule has 0 aliphatic carbocycles. The molecule has 2 heteroatoms. The van der Waals surface area contributed by atoms with Crippen molar-refractivity contribution in [3.05, 3.63) is 35.6 Å². The van der Waals surface area contributed by atoms with E-state index in [9.17, 15) is 4.79 Å². The van der Waals surface area contributed by atoms with Crippen LogP contribution in [0.2, 0.25) is 0 Å². The van der Waals surface area contributed by atoms with Gasteiger partial charge in [0, 0.05) is 17.4 Å². The van der Waals surface area contributed by atoms with E-state index >= 15 is 0 Å². The Hall–Kier alpha value is -1.57. The molecule has 0 aliphatic rings. The molecule has 0 spiro atoms. The third-order valence-electron chi connectivity index (χ3n) is 2.32. The van der Waals surface area contributed by atoms with Crippen LogP contribution in [0.1, 0.15) is 30.0 Å². The normalized spacial score (nSPS) is 10.7. The quantitative estimate of drug-likeness (QED) is 0.677. The average Bonchev–Trinajstić information content (AvgIpc) is 2.58. The van der Waals surface area contributed by atoms with Gasteiger partial charge in [0.25, 0.3) is 0 Å². The lowest BCUT2D eigenvalue weighted by Gasteiger charge is -1.93. The van der Waals surface area contributed by atoms with E-state index in [-0.39, 0.29) is 5.78 Å². The summed E-state index contributed by atoms with van der Waals surface area (Å²) in [7, 11) is 0. The van der Waals surface area contributed by atoms with Gasteiger partial charge in [-0.3, -0.25) is 4.79 Å². The molecule has 0 saturated carbocycles. The first-order valence-corrected chi connectivity index (χ1v) is 4.74. The first kappa shape index (κ1) is 9.00. The standard InChI is InChI=1S/C12H12O2/c1-3-11-7-10-6-9(8(2)13)4-5-12(10)14-11/h4-7H,3H2,1-2H3. The van der Waals surface area contributed by atoms with Gasteiger partial charge in [0.1, 0.15) is 11.3 Å². The van der Waals surface area contributed by atoms with E-state index in [1.165, 1.54) is 0 Å². The van der Waals surface area contributed by atoms with Crippen LogP contribution >= 0.6 is 0 Å². The molecule has 1 aromatic heterocycles. The smallest absolute Gasteiger partial charge is 0.159 e. The van der Waals surface area contributed by atoms with Crippen LogP contribution in [-0.4, -0.2) is 5.78 Å². The lowest BCUT2D eigenvalue weighted by atomic mass is 10.1. The molecule has 0 N–H and O–H groups in total. The number of furan rings is 1. The minimum Gasteiger partial charge on any atom is -0.461 e. The van der Waals surface area contributed by atoms with Crippen LogP contribution in [0.25, 0.3) is 11.0 Å². The Morgan fingerprint density at radius 2 is 2.14 bits per heavy atom. The second-order valence-electron chi connectivity index (χ2n) is 3.38. The number of carbonyl (C=O) groups is 1. The van der Waals surface area contributed by atoms with E-state index in [1.807, 2.05) is 25.1 Å². The van der Waals surface area contributed by atoms with Gasteiger partial charge in [-0.15, -0.1) is 0 Å². The second-order valence-corrected chi connectivity index (χ2v) is 3.38. The molecule has 0 saturated heterocycles. The molecular weight excluding hydrogens is 176 g/mol. The van der Waals surface area contributed by atoms with Crippen molar-refractivity contribution in [3.63, 3.8) is 0 Å². The van der Waals surface area contributed by atoms with Gasteiger partial charge in [-0.05, 0) is 31.2 Å². The highest BCUT2D eigenvalue weighted by Crippen LogP contribution is 2.21. The number of Topliss-reactive ketones (excluding diaryl/α,β-unsaturated/α-hetero) is 1. The number of rotatable bonds is 2. The number of benzene rings is 1. The summed E-state index contributed by atoms with van der Waals surface area (Å²) in [6.07, 6.45) is 0.879. The maximum absolute atomic E-state index is 11.1. The van der Waals surface area contributed by atoms with Crippen molar-refractivity contribution < 1.29 is 9.21 Å². The van der Waals surface area contributed by atoms with Crippen molar-refractivity contribution in [1.82, 2.24) is 0 Å². The van der Waals surface area contributed by atoms with Crippen molar-refractivity contribution >= 4 is 16.8 Å². The first-order chi connectivity index (χ1) is 6.70. The molecule has 14 heavy (non-hydrogen) atoms. The van der Waals surface area contributed by atoms with Crippen LogP contribution in [0, 0.1) is 0 Å². The highest BCUT2D eigenvalue weighted by Gasteiger charge is 2.05. The number of carbonyl (C=O) groups excluding carboxylic acids is 1. The molecule has 0 amide bonds. The van der Waals surface area contributed by atoms with Crippen molar-refractivity contribution in [2.75, 3.05) is 0 Å². The predicted octanol–water partition coefficient (Wildman–Crippen LogP) is 3.20. The van der Waals surface area contributed by atoms with Crippen LogP contribution in [0.5, 0.6) is 0 Å². The Morgan fingerprint density at radius 3 is 2.79 bits per heavy atom. The third-order valence-corrected chi connectivity index (χ3v) is 2.32. The summed E-state index contributed by atoms with van der Waals surface area (Å²) in [5.74, 6) is 1.05. The largest absolute Gasteiger partial charge is 0.461 e. The summed E-state index contributed by atoms with van der Waals surface area (Å²) in [5.41, 5.74) is 1.59. The van der Waals surface area contributed by atoms with Crippen LogP contribution < -0.4 is 0 Å². The fourth-order valence-electron chi connectivity index (χ4n) is 1.49. The Balaban J connectivity index is 2.59. The lowest BCUT2D eigenvalue weighted by Crippen LogP contribution is -1.89. The fourth-order valence-corrected chi connectivity index (χ4v) is 1.49. The number of hydrogen-bond donors (Lipinski definition) is 0. The molecule has 0 atom stereocenters. The summed E-state index contributed by atoms with van der Waals surface area (Å²) in [6, 6.07) is 7.51. The topological polar surface area (TPSA) is 30.2 Å². The third kappa shape index (κ3) is 1.43. The lowest BCUT2D eigenvalue weighted by molar-refractivity contribution is 0.101. The molecule has 2 rings (SSSR count). The number of aryl methyl sites for hydroxylation is 1. The number of fused-ring (bicyclic) bond motifs is 1. The number of hydrogen-bond acceptors (Lipinski definition) is 2. The Morgan fingerprint density at radius 1 is 1.36 bits per heavy atom. The van der Waals surface area contributed by atoms with E-state index in [1.54, 1.807) is 13.0 Å². The van der Waals surface area contributed by atoms with E-state index in [2.05, 4.69) is 0 Å². The molecule has 2 nitrogen and oxygen atoms in total. The predicted molar refractivity (Wildman–Crippen MR) is 55.6 cm³/mol. The monoisotopic (exact) mass is 188 g/mol. The van der Waals surface area contributed by atoms with Crippen LogP contribution in [0.4, 0.5) is 0 Å². The zero-order valence-corrected chi connectivity index (χ0v) is 8.33. The SMILES string of the molecule is CCc1cc2cc(C(C)=O)ccc2o1. The van der Waals surface area contributed by atoms with Gasteiger partial charge in [0.2, 0.25) is 0 Å². The van der Waals surface area contributed by atoms with E-state index < -0.39 is 0 Å². The average molecular weight is 188 g/mol. The van der Waals surface area contributed by atoms with Crippen LogP contribution in [-0.2, 0) is 6.42 Å². The Kier molecular flexibility index (Phi) is 2.12. The van der Waals surface area contributed by atoms with Gasteiger partial charge in [-0.2, -0.15) is 0 Å². The summed E-state index contributed by atoms with van der Waals surface area (Å²) in [5, 5.41) is 1.01.